The summed E-state index contributed by atoms with van der Waals surface area (Å²) < 4.78 is 18.3. The summed E-state index contributed by atoms with van der Waals surface area (Å²) in [5.74, 6) is 0.208. The molecule has 4 fully saturated rings. The summed E-state index contributed by atoms with van der Waals surface area (Å²) in [6.45, 7) is 12.3. The van der Waals surface area contributed by atoms with E-state index in [4.69, 9.17) is 14.0 Å². The Balaban J connectivity index is 1.22. The van der Waals surface area contributed by atoms with Gasteiger partial charge < -0.3 is 29.8 Å². The Hall–Kier alpha value is -3.02. The maximum atomic E-state index is 13.4. The predicted octanol–water partition coefficient (Wildman–Crippen LogP) is 3.78. The Morgan fingerprint density at radius 1 is 1.10 bits per heavy atom. The minimum absolute atomic E-state index is 0.0223. The van der Waals surface area contributed by atoms with Crippen LogP contribution in [0, 0.1) is 23.2 Å². The van der Waals surface area contributed by atoms with Crippen LogP contribution in [0.5, 0.6) is 5.88 Å². The van der Waals surface area contributed by atoms with Crippen molar-refractivity contribution in [3.63, 3.8) is 0 Å². The molecule has 220 valence electrons. The molecule has 1 aromatic carbocycles. The zero-order chi connectivity index (χ0) is 29.5. The number of benzene rings is 1. The second kappa shape index (κ2) is 11.3. The van der Waals surface area contributed by atoms with Gasteiger partial charge in [-0.05, 0) is 56.3 Å². The first kappa shape index (κ1) is 29.5. The van der Waals surface area contributed by atoms with Crippen molar-refractivity contribution in [1.29, 1.82) is 0 Å². The topological polar surface area (TPSA) is 132 Å². The van der Waals surface area contributed by atoms with Gasteiger partial charge in [0.2, 0.25) is 11.8 Å². The van der Waals surface area contributed by atoms with Gasteiger partial charge >= 0.3 is 13.2 Å². The first-order valence-corrected chi connectivity index (χ1v) is 14.6. The lowest BCUT2D eigenvalue weighted by Crippen LogP contribution is -2.65. The second-order valence-corrected chi connectivity index (χ2v) is 12.9. The average Bonchev–Trinajstić information content (AvgIpc) is 3.29. The normalized spacial score (nSPS) is 28.2. The van der Waals surface area contributed by atoms with Gasteiger partial charge in [-0.3, -0.25) is 4.79 Å². The third kappa shape index (κ3) is 5.85. The number of nitrogens with one attached hydrogen (secondary N) is 2. The van der Waals surface area contributed by atoms with Crippen molar-refractivity contribution in [3.8, 4) is 17.1 Å². The van der Waals surface area contributed by atoms with Crippen LogP contribution in [-0.2, 0) is 14.1 Å². The Labute approximate surface area is 242 Å². The summed E-state index contributed by atoms with van der Waals surface area (Å²) >= 11 is 0. The van der Waals surface area contributed by atoms with Gasteiger partial charge in [0.25, 0.3) is 0 Å². The number of rotatable bonds is 9. The van der Waals surface area contributed by atoms with Gasteiger partial charge in [0.05, 0.1) is 41.8 Å². The Morgan fingerprint density at radius 3 is 2.44 bits per heavy atom. The third-order valence-electron chi connectivity index (χ3n) is 9.28. The van der Waals surface area contributed by atoms with Crippen molar-refractivity contribution in [2.75, 3.05) is 0 Å². The third-order valence-corrected chi connectivity index (χ3v) is 9.28. The molecule has 1 aromatic heterocycles. The number of amides is 2. The molecule has 3 saturated carbocycles. The molecule has 6 rings (SSSR count). The number of aliphatic hydroxyl groups excluding tert-OH is 1. The Morgan fingerprint density at radius 2 is 1.83 bits per heavy atom. The minimum atomic E-state index is -1.26. The van der Waals surface area contributed by atoms with E-state index in [1.54, 1.807) is 0 Å². The van der Waals surface area contributed by atoms with Gasteiger partial charge in [0.1, 0.15) is 6.04 Å². The van der Waals surface area contributed by atoms with Gasteiger partial charge in [-0.15, -0.1) is 0 Å². The molecule has 41 heavy (non-hydrogen) atoms. The molecule has 0 unspecified atom stereocenters. The summed E-state index contributed by atoms with van der Waals surface area (Å²) in [5, 5.41) is 15.9. The molecule has 7 atom stereocenters. The molecule has 11 heteroatoms. The highest BCUT2D eigenvalue weighted by Crippen LogP contribution is 2.65. The lowest BCUT2D eigenvalue weighted by atomic mass is 9.43. The van der Waals surface area contributed by atoms with Crippen molar-refractivity contribution in [1.82, 2.24) is 20.6 Å². The smallest absolute Gasteiger partial charge is 0.404 e. The molecule has 3 aliphatic carbocycles. The van der Waals surface area contributed by atoms with E-state index >= 15 is 0 Å². The summed E-state index contributed by atoms with van der Waals surface area (Å²) in [5.41, 5.74) is 1.29. The molecule has 0 radical (unpaired) electrons. The fraction of sp³-hybridized carbons (Fsp3) is 0.600. The number of aliphatic hydroxyl groups is 1. The highest BCUT2D eigenvalue weighted by molar-refractivity contribution is 6.48. The van der Waals surface area contributed by atoms with Crippen molar-refractivity contribution in [2.45, 2.75) is 90.6 Å². The van der Waals surface area contributed by atoms with Crippen LogP contribution in [0.1, 0.15) is 60.8 Å². The average molecular weight is 564 g/mol. The lowest BCUT2D eigenvalue weighted by molar-refractivity contribution is -0.199. The van der Waals surface area contributed by atoms with Crippen LogP contribution in [0.25, 0.3) is 11.3 Å². The number of nitrogens with zero attached hydrogens (tertiary/aromatic N) is 2. The number of carbonyl (C=O) groups excluding carboxylic acids is 2. The van der Waals surface area contributed by atoms with Crippen LogP contribution >= 0.6 is 0 Å². The summed E-state index contributed by atoms with van der Waals surface area (Å²) in [6.07, 6.45) is 3.37. The van der Waals surface area contributed by atoms with Crippen molar-refractivity contribution >= 4 is 19.1 Å². The summed E-state index contributed by atoms with van der Waals surface area (Å²) in [4.78, 5) is 34.5. The first-order valence-electron chi connectivity index (χ1n) is 14.6. The predicted molar refractivity (Wildman–Crippen MR) is 154 cm³/mol. The maximum Gasteiger partial charge on any atom is 0.481 e. The maximum absolute atomic E-state index is 13.4. The number of aromatic nitrogens is 2. The molecule has 3 N–H and O–H groups in total. The van der Waals surface area contributed by atoms with Gasteiger partial charge in [-0.2, -0.15) is 0 Å². The van der Waals surface area contributed by atoms with Gasteiger partial charge in [-0.1, -0.05) is 58.0 Å². The van der Waals surface area contributed by atoms with Crippen LogP contribution in [0.4, 0.5) is 4.79 Å². The molecule has 2 bridgehead atoms. The van der Waals surface area contributed by atoms with Crippen LogP contribution in [-0.4, -0.2) is 64.0 Å². The zero-order valence-corrected chi connectivity index (χ0v) is 24.7. The van der Waals surface area contributed by atoms with E-state index in [9.17, 15) is 14.7 Å². The minimum Gasteiger partial charge on any atom is -0.404 e. The van der Waals surface area contributed by atoms with E-state index < -0.39 is 42.8 Å². The fourth-order valence-electron chi connectivity index (χ4n) is 6.87. The fourth-order valence-corrected chi connectivity index (χ4v) is 6.87. The van der Waals surface area contributed by atoms with Crippen molar-refractivity contribution in [2.24, 2.45) is 23.2 Å². The van der Waals surface area contributed by atoms with Gasteiger partial charge in [0.15, 0.2) is 0 Å². The molecule has 1 saturated heterocycles. The van der Waals surface area contributed by atoms with Crippen LogP contribution in [0.15, 0.2) is 42.7 Å². The molecule has 4 aliphatic rings. The quantitative estimate of drug-likeness (QED) is 0.392. The van der Waals surface area contributed by atoms with Gasteiger partial charge in [-0.25, -0.2) is 14.8 Å². The first-order chi connectivity index (χ1) is 19.4. The molecule has 2 aromatic rings. The zero-order valence-electron chi connectivity index (χ0n) is 24.7. The number of ether oxygens (including phenoxy) is 1. The van der Waals surface area contributed by atoms with E-state index in [-0.39, 0.29) is 23.3 Å². The standard InChI is InChI=1S/C30H41BN4O6/c1-17(2)12-24(31-40-23-14-20-13-22(29(20,4)5)30(23,6)41-31)34-27(37)26(18(3)36)35-28(38)39-25-16-32-21(15-33-25)19-10-8-7-9-11-19/h7-11,15-18,20,22-24,26,36H,12-14H2,1-6H3,(H,34,37)(H,35,38)/t18-,20+,22+,23-,24+,26+,30+/m1/s1. The van der Waals surface area contributed by atoms with Crippen LogP contribution in [0.2, 0.25) is 0 Å². The molecule has 2 heterocycles. The number of carbonyl (C=O) groups is 2. The molecule has 10 nitrogen and oxygen atoms in total. The SMILES string of the molecule is CC(C)C[C@H](NC(=O)[C@@H](NC(=O)Oc1cnc(-c2ccccc2)cn1)[C@@H](C)O)B1O[C@@H]2C[C@@H]3C[C@@H](C3(C)C)[C@]2(C)O1. The lowest BCUT2D eigenvalue weighted by Gasteiger charge is -2.64. The van der Waals surface area contributed by atoms with Crippen molar-refractivity contribution < 1.29 is 28.7 Å². The van der Waals surface area contributed by atoms with E-state index in [2.05, 4.69) is 55.2 Å². The summed E-state index contributed by atoms with van der Waals surface area (Å²) in [7, 11) is -0.619. The molecule has 2 amide bonds. The second-order valence-electron chi connectivity index (χ2n) is 12.9. The molecular weight excluding hydrogens is 523 g/mol. The van der Waals surface area contributed by atoms with Crippen LogP contribution < -0.4 is 15.4 Å². The van der Waals surface area contributed by atoms with Crippen molar-refractivity contribution in [3.05, 3.63) is 42.7 Å². The molecule has 0 spiro atoms. The summed E-state index contributed by atoms with van der Waals surface area (Å²) in [6, 6.07) is 8.22. The highest BCUT2D eigenvalue weighted by atomic mass is 16.7. The Kier molecular flexibility index (Phi) is 8.15. The highest BCUT2D eigenvalue weighted by Gasteiger charge is 2.68. The molecular formula is C30H41BN4O6. The van der Waals surface area contributed by atoms with Gasteiger partial charge in [0, 0.05) is 5.56 Å². The van der Waals surface area contributed by atoms with E-state index in [0.717, 1.165) is 18.4 Å². The Bertz CT molecular complexity index is 1240. The number of hydrogen-bond donors (Lipinski definition) is 3. The largest absolute Gasteiger partial charge is 0.481 e. The molecule has 1 aliphatic heterocycles. The van der Waals surface area contributed by atoms with E-state index in [0.29, 0.717) is 24.0 Å². The monoisotopic (exact) mass is 564 g/mol. The van der Waals surface area contributed by atoms with E-state index in [1.165, 1.54) is 19.3 Å². The van der Waals surface area contributed by atoms with E-state index in [1.807, 2.05) is 30.3 Å². The van der Waals surface area contributed by atoms with Crippen LogP contribution in [0.3, 0.4) is 0 Å². The number of hydrogen-bond acceptors (Lipinski definition) is 8.